The van der Waals surface area contributed by atoms with Crippen LogP contribution in [0, 0.1) is 12.7 Å². The lowest BCUT2D eigenvalue weighted by atomic mass is 10.1. The smallest absolute Gasteiger partial charge is 0.353 e. The maximum Gasteiger partial charge on any atom is 0.353 e. The fourth-order valence-corrected chi connectivity index (χ4v) is 1.70. The molecule has 94 valence electrons. The van der Waals surface area contributed by atoms with E-state index in [0.717, 1.165) is 0 Å². The molecule has 1 aromatic carbocycles. The second-order valence-electron chi connectivity index (χ2n) is 3.80. The third-order valence-electron chi connectivity index (χ3n) is 2.48. The quantitative estimate of drug-likeness (QED) is 0.875. The summed E-state index contributed by atoms with van der Waals surface area (Å²) in [4.78, 5) is 10.8. The molecule has 0 saturated carbocycles. The van der Waals surface area contributed by atoms with E-state index in [-0.39, 0.29) is 11.4 Å². The molecule has 2 N–H and O–H groups in total. The highest BCUT2D eigenvalue weighted by molar-refractivity contribution is 5.87. The molecule has 0 aliphatic heterocycles. The maximum absolute atomic E-state index is 13.7. The van der Waals surface area contributed by atoms with Gasteiger partial charge in [-0.3, -0.25) is 5.10 Å². The van der Waals surface area contributed by atoms with Crippen LogP contribution in [0.4, 0.5) is 4.39 Å². The number of carboxylic acids is 1. The Kier molecular flexibility index (Phi) is 3.01. The fourth-order valence-electron chi connectivity index (χ4n) is 1.70. The van der Waals surface area contributed by atoms with Crippen molar-refractivity contribution in [2.45, 2.75) is 6.92 Å². The fraction of sp³-hybridized carbons (Fsp3) is 0.167. The highest BCUT2D eigenvalue weighted by Crippen LogP contribution is 2.32. The summed E-state index contributed by atoms with van der Waals surface area (Å²) in [6, 6.07) is 4.36. The summed E-state index contributed by atoms with van der Waals surface area (Å²) in [6.45, 7) is 1.73. The van der Waals surface area contributed by atoms with Crippen molar-refractivity contribution in [1.29, 1.82) is 0 Å². The van der Waals surface area contributed by atoms with Crippen molar-refractivity contribution in [3.8, 4) is 17.0 Å². The molecular weight excluding hydrogens is 239 g/mol. The van der Waals surface area contributed by atoms with E-state index >= 15 is 0 Å². The van der Waals surface area contributed by atoms with Crippen LogP contribution in [0.1, 0.15) is 16.1 Å². The molecule has 0 atom stereocenters. The average Bonchev–Trinajstić information content (AvgIpc) is 2.77. The van der Waals surface area contributed by atoms with Crippen molar-refractivity contribution in [3.05, 3.63) is 35.3 Å². The van der Waals surface area contributed by atoms with Crippen LogP contribution in [0.2, 0.25) is 0 Å². The Morgan fingerprint density at radius 1 is 1.44 bits per heavy atom. The number of nitrogens with zero attached hydrogens (tertiary/aromatic N) is 1. The molecule has 18 heavy (non-hydrogen) atoms. The lowest BCUT2D eigenvalue weighted by Crippen LogP contribution is -1.95. The molecule has 5 nitrogen and oxygen atoms in total. The van der Waals surface area contributed by atoms with Crippen LogP contribution in [0.15, 0.2) is 18.2 Å². The summed E-state index contributed by atoms with van der Waals surface area (Å²) in [6.07, 6.45) is 0. The number of H-pyrrole nitrogens is 1. The van der Waals surface area contributed by atoms with Gasteiger partial charge in [0.1, 0.15) is 5.69 Å². The van der Waals surface area contributed by atoms with Gasteiger partial charge in [0.15, 0.2) is 11.6 Å². The van der Waals surface area contributed by atoms with Gasteiger partial charge in [0.2, 0.25) is 0 Å². The van der Waals surface area contributed by atoms with Crippen molar-refractivity contribution in [2.24, 2.45) is 0 Å². The van der Waals surface area contributed by atoms with Crippen molar-refractivity contribution in [2.75, 3.05) is 7.11 Å². The molecule has 0 amide bonds. The molecule has 0 unspecified atom stereocenters. The Morgan fingerprint density at radius 3 is 2.72 bits per heavy atom. The van der Waals surface area contributed by atoms with E-state index in [4.69, 9.17) is 9.84 Å². The monoisotopic (exact) mass is 250 g/mol. The van der Waals surface area contributed by atoms with Gasteiger partial charge in [0.25, 0.3) is 0 Å². The summed E-state index contributed by atoms with van der Waals surface area (Å²) in [7, 11) is 1.35. The molecule has 0 spiro atoms. The van der Waals surface area contributed by atoms with Gasteiger partial charge in [-0.15, -0.1) is 0 Å². The molecule has 0 fully saturated rings. The van der Waals surface area contributed by atoms with E-state index in [1.54, 1.807) is 13.0 Å². The van der Waals surface area contributed by atoms with Gasteiger partial charge in [-0.1, -0.05) is 0 Å². The van der Waals surface area contributed by atoms with Gasteiger partial charge in [0.05, 0.1) is 12.8 Å². The first-order valence-electron chi connectivity index (χ1n) is 5.16. The Hall–Kier alpha value is -2.37. The molecule has 2 rings (SSSR count). The molecule has 0 bridgehead atoms. The van der Waals surface area contributed by atoms with E-state index < -0.39 is 11.8 Å². The summed E-state index contributed by atoms with van der Waals surface area (Å²) in [5.41, 5.74) is 1.38. The topological polar surface area (TPSA) is 75.2 Å². The molecular formula is C12H11FN2O3. The predicted octanol–water partition coefficient (Wildman–Crippen LogP) is 2.23. The number of methoxy groups -OCH3 is 1. The number of halogens is 1. The molecule has 0 aliphatic carbocycles. The van der Waals surface area contributed by atoms with Gasteiger partial charge in [-0.2, -0.15) is 5.10 Å². The minimum Gasteiger partial charge on any atom is -0.493 e. The van der Waals surface area contributed by atoms with Gasteiger partial charge in [-0.25, -0.2) is 9.18 Å². The number of aryl methyl sites for hydroxylation is 1. The van der Waals surface area contributed by atoms with Crippen LogP contribution in [0.25, 0.3) is 11.3 Å². The van der Waals surface area contributed by atoms with Crippen LogP contribution in [0.5, 0.6) is 5.75 Å². The zero-order valence-corrected chi connectivity index (χ0v) is 9.82. The van der Waals surface area contributed by atoms with Crippen molar-refractivity contribution in [3.63, 3.8) is 0 Å². The normalized spacial score (nSPS) is 10.4. The van der Waals surface area contributed by atoms with Crippen LogP contribution < -0.4 is 4.74 Å². The van der Waals surface area contributed by atoms with Crippen molar-refractivity contribution >= 4 is 5.97 Å². The SMILES string of the molecule is COc1c(F)cc(C)cc1-c1cc(C(=O)O)[nH]n1. The van der Waals surface area contributed by atoms with Gasteiger partial charge >= 0.3 is 5.97 Å². The lowest BCUT2D eigenvalue weighted by molar-refractivity contribution is 0.0690. The first-order valence-corrected chi connectivity index (χ1v) is 5.16. The standard InChI is InChI=1S/C12H11FN2O3/c1-6-3-7(11(18-2)8(13)4-6)9-5-10(12(16)17)15-14-9/h3-5H,1-2H3,(H,14,15)(H,16,17). The largest absolute Gasteiger partial charge is 0.493 e. The van der Waals surface area contributed by atoms with E-state index in [1.807, 2.05) is 0 Å². The number of carboxylic acid groups (broad SMARTS) is 1. The number of aromatic carboxylic acids is 1. The van der Waals surface area contributed by atoms with E-state index in [2.05, 4.69) is 10.2 Å². The zero-order valence-electron chi connectivity index (χ0n) is 9.82. The minimum atomic E-state index is -1.12. The summed E-state index contributed by atoms with van der Waals surface area (Å²) in [5, 5.41) is 15.0. The van der Waals surface area contributed by atoms with Crippen LogP contribution in [-0.2, 0) is 0 Å². The van der Waals surface area contributed by atoms with E-state index in [1.165, 1.54) is 19.2 Å². The summed E-state index contributed by atoms with van der Waals surface area (Å²) in [5.74, 6) is -1.59. The molecule has 0 saturated heterocycles. The molecule has 1 heterocycles. The minimum absolute atomic E-state index is 0.0454. The zero-order chi connectivity index (χ0) is 13.3. The Labute approximate surface area is 102 Å². The number of carbonyl (C=O) groups is 1. The van der Waals surface area contributed by atoms with E-state index in [0.29, 0.717) is 16.8 Å². The van der Waals surface area contributed by atoms with Crippen molar-refractivity contribution < 1.29 is 19.0 Å². The molecule has 0 radical (unpaired) electrons. The third kappa shape index (κ3) is 2.04. The number of hydrogen-bond donors (Lipinski definition) is 2. The summed E-state index contributed by atoms with van der Waals surface area (Å²) >= 11 is 0. The molecule has 0 aliphatic rings. The highest BCUT2D eigenvalue weighted by Gasteiger charge is 2.16. The first-order chi connectivity index (χ1) is 8.52. The second kappa shape index (κ2) is 4.48. The Morgan fingerprint density at radius 2 is 2.17 bits per heavy atom. The number of nitrogens with one attached hydrogen (secondary N) is 1. The van der Waals surface area contributed by atoms with Crippen LogP contribution >= 0.6 is 0 Å². The number of aromatic nitrogens is 2. The van der Waals surface area contributed by atoms with Gasteiger partial charge < -0.3 is 9.84 Å². The predicted molar refractivity (Wildman–Crippen MR) is 62.2 cm³/mol. The van der Waals surface area contributed by atoms with E-state index in [9.17, 15) is 9.18 Å². The number of ether oxygens (including phenoxy) is 1. The Bertz CT molecular complexity index is 607. The number of benzene rings is 1. The number of aromatic amines is 1. The first kappa shape index (κ1) is 12.1. The molecule has 1 aromatic heterocycles. The highest BCUT2D eigenvalue weighted by atomic mass is 19.1. The van der Waals surface area contributed by atoms with Crippen molar-refractivity contribution in [1.82, 2.24) is 10.2 Å². The second-order valence-corrected chi connectivity index (χ2v) is 3.80. The summed E-state index contributed by atoms with van der Waals surface area (Å²) < 4.78 is 18.7. The van der Waals surface area contributed by atoms with Crippen LogP contribution in [0.3, 0.4) is 0 Å². The number of rotatable bonds is 3. The lowest BCUT2D eigenvalue weighted by Gasteiger charge is -2.08. The number of hydrogen-bond acceptors (Lipinski definition) is 3. The average molecular weight is 250 g/mol. The Balaban J connectivity index is 2.58. The third-order valence-corrected chi connectivity index (χ3v) is 2.48. The molecule has 6 heteroatoms. The maximum atomic E-state index is 13.7. The van der Waals surface area contributed by atoms with Crippen LogP contribution in [-0.4, -0.2) is 28.4 Å². The molecule has 2 aromatic rings. The van der Waals surface area contributed by atoms with Gasteiger partial charge in [0, 0.05) is 5.56 Å². The van der Waals surface area contributed by atoms with Gasteiger partial charge in [-0.05, 0) is 30.7 Å².